The maximum absolute atomic E-state index is 13.6. The highest BCUT2D eigenvalue weighted by Gasteiger charge is 2.14. The minimum Gasteiger partial charge on any atom is -0.504 e. The first-order valence-electron chi connectivity index (χ1n) is 4.15. The van der Waals surface area contributed by atoms with Crippen LogP contribution in [-0.4, -0.2) is 9.67 Å². The van der Waals surface area contributed by atoms with Gasteiger partial charge in [-0.25, -0.2) is 4.39 Å². The lowest BCUT2D eigenvalue weighted by Gasteiger charge is -2.02. The fraction of sp³-hybridized carbons (Fsp3) is 0.200. The summed E-state index contributed by atoms with van der Waals surface area (Å²) in [5.41, 5.74) is 1.72. The number of rotatable bonds is 0. The fourth-order valence-electron chi connectivity index (χ4n) is 1.52. The van der Waals surface area contributed by atoms with E-state index >= 15 is 0 Å². The Morgan fingerprint density at radius 1 is 1.43 bits per heavy atom. The second-order valence-corrected chi connectivity index (χ2v) is 4.15. The van der Waals surface area contributed by atoms with Crippen LogP contribution in [0.4, 0.5) is 4.39 Å². The predicted octanol–water partition coefficient (Wildman–Crippen LogP) is 3.09. The van der Waals surface area contributed by atoms with Crippen LogP contribution in [0.5, 0.6) is 5.75 Å². The lowest BCUT2D eigenvalue weighted by molar-refractivity contribution is 0.433. The normalized spacial score (nSPS) is 11.1. The summed E-state index contributed by atoms with van der Waals surface area (Å²) in [7, 11) is 1.86. The predicted molar refractivity (Wildman–Crippen MR) is 57.0 cm³/mol. The van der Waals surface area contributed by atoms with Crippen molar-refractivity contribution < 1.29 is 9.50 Å². The first kappa shape index (κ1) is 9.52. The Balaban J connectivity index is 2.98. The van der Waals surface area contributed by atoms with Crippen molar-refractivity contribution in [3.8, 4) is 5.75 Å². The van der Waals surface area contributed by atoms with Crippen LogP contribution in [0.25, 0.3) is 10.9 Å². The second-order valence-electron chi connectivity index (χ2n) is 3.30. The molecular formula is C10H9BrFNO. The van der Waals surface area contributed by atoms with Gasteiger partial charge in [-0.3, -0.25) is 0 Å². The third-order valence-electron chi connectivity index (χ3n) is 2.45. The van der Waals surface area contributed by atoms with Crippen LogP contribution >= 0.6 is 15.9 Å². The molecule has 0 aliphatic heterocycles. The van der Waals surface area contributed by atoms with Gasteiger partial charge in [0.2, 0.25) is 0 Å². The molecule has 0 radical (unpaired) electrons. The van der Waals surface area contributed by atoms with Crippen molar-refractivity contribution in [2.75, 3.05) is 0 Å². The van der Waals surface area contributed by atoms with E-state index in [1.807, 2.05) is 18.5 Å². The number of aromatic hydroxyl groups is 1. The summed E-state index contributed by atoms with van der Waals surface area (Å²) in [5.74, 6) is -0.902. The number of phenolic OH excluding ortho intramolecular Hbond substituents is 1. The number of aryl methyl sites for hydroxylation is 2. The molecule has 1 aromatic heterocycles. The van der Waals surface area contributed by atoms with Gasteiger partial charge in [-0.2, -0.15) is 0 Å². The first-order chi connectivity index (χ1) is 6.52. The van der Waals surface area contributed by atoms with Crippen LogP contribution in [0.2, 0.25) is 0 Å². The molecule has 1 heterocycles. The highest BCUT2D eigenvalue weighted by Crippen LogP contribution is 2.34. The molecule has 0 unspecified atom stereocenters. The highest BCUT2D eigenvalue weighted by atomic mass is 79.9. The van der Waals surface area contributed by atoms with Crippen molar-refractivity contribution >= 4 is 26.8 Å². The number of hydrogen-bond donors (Lipinski definition) is 1. The smallest absolute Gasteiger partial charge is 0.175 e. The molecule has 74 valence electrons. The van der Waals surface area contributed by atoms with Crippen molar-refractivity contribution in [3.63, 3.8) is 0 Å². The van der Waals surface area contributed by atoms with Crippen LogP contribution in [-0.2, 0) is 7.05 Å². The molecule has 4 heteroatoms. The SMILES string of the molecule is Cc1cc2c(F)c(O)c(Br)cc2n1C. The lowest BCUT2D eigenvalue weighted by atomic mass is 10.2. The molecule has 0 bridgehead atoms. The number of benzene rings is 1. The number of aromatic nitrogens is 1. The van der Waals surface area contributed by atoms with Gasteiger partial charge >= 0.3 is 0 Å². The summed E-state index contributed by atoms with van der Waals surface area (Å²) in [6, 6.07) is 3.43. The van der Waals surface area contributed by atoms with Crippen molar-refractivity contribution in [2.45, 2.75) is 6.92 Å². The van der Waals surface area contributed by atoms with E-state index in [-0.39, 0.29) is 5.75 Å². The Hall–Kier alpha value is -1.03. The van der Waals surface area contributed by atoms with Gasteiger partial charge in [-0.1, -0.05) is 0 Å². The molecule has 1 aromatic carbocycles. The standard InChI is InChI=1S/C10H9BrFNO/c1-5-3-6-8(13(5)2)4-7(11)10(14)9(6)12/h3-4,14H,1-2H3. The first-order valence-corrected chi connectivity index (χ1v) is 4.94. The minimum absolute atomic E-state index is 0.330. The van der Waals surface area contributed by atoms with Crippen LogP contribution in [0, 0.1) is 12.7 Å². The summed E-state index contributed by atoms with van der Waals surface area (Å²) in [6.07, 6.45) is 0. The molecular weight excluding hydrogens is 249 g/mol. The summed E-state index contributed by atoms with van der Waals surface area (Å²) < 4.78 is 15.8. The second kappa shape index (κ2) is 2.98. The average Bonchev–Trinajstić information content (AvgIpc) is 2.42. The maximum atomic E-state index is 13.6. The van der Waals surface area contributed by atoms with Crippen LogP contribution in [0.1, 0.15) is 5.69 Å². The quantitative estimate of drug-likeness (QED) is 0.771. The van der Waals surface area contributed by atoms with E-state index in [1.165, 1.54) is 0 Å². The summed E-state index contributed by atoms with van der Waals surface area (Å²) >= 11 is 3.11. The molecule has 2 nitrogen and oxygen atoms in total. The number of fused-ring (bicyclic) bond motifs is 1. The van der Waals surface area contributed by atoms with Gasteiger partial charge in [-0.05, 0) is 35.0 Å². The van der Waals surface area contributed by atoms with E-state index in [2.05, 4.69) is 15.9 Å². The zero-order valence-electron chi connectivity index (χ0n) is 7.81. The van der Waals surface area contributed by atoms with E-state index in [1.54, 1.807) is 12.1 Å². The Labute approximate surface area is 89.1 Å². The molecule has 0 aliphatic carbocycles. The van der Waals surface area contributed by atoms with Crippen LogP contribution < -0.4 is 0 Å². The summed E-state index contributed by atoms with van der Waals surface area (Å²) in [5, 5.41) is 9.82. The van der Waals surface area contributed by atoms with Gasteiger partial charge in [0.25, 0.3) is 0 Å². The van der Waals surface area contributed by atoms with Gasteiger partial charge < -0.3 is 9.67 Å². The van der Waals surface area contributed by atoms with Crippen molar-refractivity contribution in [3.05, 3.63) is 28.1 Å². The van der Waals surface area contributed by atoms with E-state index < -0.39 is 5.82 Å². The number of halogens is 2. The molecule has 0 aliphatic rings. The summed E-state index contributed by atoms with van der Waals surface area (Å²) in [6.45, 7) is 1.89. The van der Waals surface area contributed by atoms with Crippen LogP contribution in [0.15, 0.2) is 16.6 Å². The van der Waals surface area contributed by atoms with E-state index in [9.17, 15) is 9.50 Å². The van der Waals surface area contributed by atoms with E-state index in [0.29, 0.717) is 9.86 Å². The van der Waals surface area contributed by atoms with Crippen molar-refractivity contribution in [1.29, 1.82) is 0 Å². The van der Waals surface area contributed by atoms with Crippen molar-refractivity contribution in [1.82, 2.24) is 4.57 Å². The molecule has 0 fully saturated rings. The van der Waals surface area contributed by atoms with Crippen molar-refractivity contribution in [2.24, 2.45) is 7.05 Å². The van der Waals surface area contributed by atoms with Gasteiger partial charge in [0.15, 0.2) is 11.6 Å². The number of nitrogens with zero attached hydrogens (tertiary/aromatic N) is 1. The largest absolute Gasteiger partial charge is 0.504 e. The molecule has 14 heavy (non-hydrogen) atoms. The lowest BCUT2D eigenvalue weighted by Crippen LogP contribution is -1.90. The highest BCUT2D eigenvalue weighted by molar-refractivity contribution is 9.10. The maximum Gasteiger partial charge on any atom is 0.175 e. The Morgan fingerprint density at radius 2 is 2.07 bits per heavy atom. The third-order valence-corrected chi connectivity index (χ3v) is 3.06. The Bertz CT molecular complexity index is 519. The van der Waals surface area contributed by atoms with Gasteiger partial charge in [0, 0.05) is 18.1 Å². The topological polar surface area (TPSA) is 25.2 Å². The van der Waals surface area contributed by atoms with E-state index in [4.69, 9.17) is 0 Å². The molecule has 2 rings (SSSR count). The minimum atomic E-state index is -0.571. The zero-order valence-corrected chi connectivity index (χ0v) is 9.39. The molecule has 0 atom stereocenters. The molecule has 1 N–H and O–H groups in total. The van der Waals surface area contributed by atoms with Gasteiger partial charge in [0.1, 0.15) is 0 Å². The number of phenols is 1. The number of hydrogen-bond acceptors (Lipinski definition) is 1. The molecule has 0 saturated heterocycles. The van der Waals surface area contributed by atoms with Crippen LogP contribution in [0.3, 0.4) is 0 Å². The fourth-order valence-corrected chi connectivity index (χ4v) is 1.91. The molecule has 2 aromatic rings. The third kappa shape index (κ3) is 1.14. The van der Waals surface area contributed by atoms with Gasteiger partial charge in [0.05, 0.1) is 9.99 Å². The van der Waals surface area contributed by atoms with E-state index in [0.717, 1.165) is 11.2 Å². The monoisotopic (exact) mass is 257 g/mol. The average molecular weight is 258 g/mol. The summed E-state index contributed by atoms with van der Waals surface area (Å²) in [4.78, 5) is 0. The molecule has 0 amide bonds. The molecule has 0 spiro atoms. The molecule has 0 saturated carbocycles. The van der Waals surface area contributed by atoms with Gasteiger partial charge in [-0.15, -0.1) is 0 Å². The Kier molecular flexibility index (Phi) is 2.03. The Morgan fingerprint density at radius 3 is 2.71 bits per heavy atom. The zero-order chi connectivity index (χ0) is 10.5.